The smallest absolute Gasteiger partial charge is 0.328 e. The van der Waals surface area contributed by atoms with E-state index in [9.17, 15) is 18.0 Å². The van der Waals surface area contributed by atoms with Crippen LogP contribution in [-0.2, 0) is 25.8 Å². The van der Waals surface area contributed by atoms with Crippen molar-refractivity contribution in [2.45, 2.75) is 32.7 Å². The van der Waals surface area contributed by atoms with Gasteiger partial charge in [-0.2, -0.15) is 18.3 Å². The molecule has 1 amide bonds. The quantitative estimate of drug-likeness (QED) is 0.782. The summed E-state index contributed by atoms with van der Waals surface area (Å²) in [7, 11) is 0. The van der Waals surface area contributed by atoms with E-state index in [1.807, 2.05) is 6.92 Å². The van der Waals surface area contributed by atoms with Crippen molar-refractivity contribution in [2.75, 3.05) is 6.54 Å². The SMILES string of the molecule is CCn1ncc(Br)c1C(=O)N1CCn2c(nnc2C(F)(F)F)C1. The Morgan fingerprint density at radius 1 is 1.35 bits per heavy atom. The van der Waals surface area contributed by atoms with Crippen molar-refractivity contribution in [3.63, 3.8) is 0 Å². The van der Waals surface area contributed by atoms with E-state index in [-0.39, 0.29) is 31.4 Å². The van der Waals surface area contributed by atoms with Gasteiger partial charge in [-0.3, -0.25) is 9.48 Å². The van der Waals surface area contributed by atoms with E-state index < -0.39 is 12.0 Å². The van der Waals surface area contributed by atoms with E-state index in [1.165, 1.54) is 15.8 Å². The number of aryl methyl sites for hydroxylation is 1. The highest BCUT2D eigenvalue weighted by Crippen LogP contribution is 2.30. The second-order valence-corrected chi connectivity index (χ2v) is 5.83. The van der Waals surface area contributed by atoms with Gasteiger partial charge in [0, 0.05) is 19.6 Å². The van der Waals surface area contributed by atoms with Crippen LogP contribution in [0.2, 0.25) is 0 Å². The Morgan fingerprint density at radius 2 is 2.09 bits per heavy atom. The molecule has 3 rings (SSSR count). The fourth-order valence-corrected chi connectivity index (χ4v) is 2.97. The molecule has 1 aliphatic heterocycles. The van der Waals surface area contributed by atoms with Gasteiger partial charge in [-0.15, -0.1) is 10.2 Å². The standard InChI is InChI=1S/C12H12BrF3N6O/c1-2-22-9(7(13)5-17-22)10(23)20-3-4-21-8(6-20)18-19-11(21)12(14,15)16/h5H,2-4,6H2,1H3. The molecule has 0 aliphatic carbocycles. The molecule has 7 nitrogen and oxygen atoms in total. The first-order valence-electron chi connectivity index (χ1n) is 6.82. The van der Waals surface area contributed by atoms with Crippen LogP contribution in [0, 0.1) is 0 Å². The third-order valence-corrected chi connectivity index (χ3v) is 4.17. The molecule has 124 valence electrons. The molecule has 2 aromatic heterocycles. The number of carbonyl (C=O) groups is 1. The van der Waals surface area contributed by atoms with Gasteiger partial charge in [0.25, 0.3) is 5.91 Å². The van der Waals surface area contributed by atoms with E-state index >= 15 is 0 Å². The number of rotatable bonds is 2. The molecule has 3 heterocycles. The van der Waals surface area contributed by atoms with Gasteiger partial charge in [0.1, 0.15) is 5.69 Å². The maximum atomic E-state index is 12.8. The van der Waals surface area contributed by atoms with Gasteiger partial charge in [-0.05, 0) is 22.9 Å². The summed E-state index contributed by atoms with van der Waals surface area (Å²) in [6.07, 6.45) is -3.04. The van der Waals surface area contributed by atoms with Crippen LogP contribution < -0.4 is 0 Å². The van der Waals surface area contributed by atoms with Gasteiger partial charge in [0.15, 0.2) is 5.82 Å². The summed E-state index contributed by atoms with van der Waals surface area (Å²) in [5.41, 5.74) is 0.372. The molecule has 23 heavy (non-hydrogen) atoms. The van der Waals surface area contributed by atoms with Crippen molar-refractivity contribution in [1.82, 2.24) is 29.4 Å². The van der Waals surface area contributed by atoms with Gasteiger partial charge >= 0.3 is 6.18 Å². The summed E-state index contributed by atoms with van der Waals surface area (Å²) < 4.78 is 41.5. The fourth-order valence-electron chi connectivity index (χ4n) is 2.51. The maximum Gasteiger partial charge on any atom is 0.451 e. The highest BCUT2D eigenvalue weighted by molar-refractivity contribution is 9.10. The van der Waals surface area contributed by atoms with E-state index in [4.69, 9.17) is 0 Å². The molecule has 0 saturated heterocycles. The van der Waals surface area contributed by atoms with Crippen LogP contribution in [0.4, 0.5) is 13.2 Å². The van der Waals surface area contributed by atoms with E-state index in [0.717, 1.165) is 4.57 Å². The van der Waals surface area contributed by atoms with Crippen molar-refractivity contribution >= 4 is 21.8 Å². The van der Waals surface area contributed by atoms with Crippen LogP contribution in [0.15, 0.2) is 10.7 Å². The number of hydrogen-bond donors (Lipinski definition) is 0. The predicted molar refractivity (Wildman–Crippen MR) is 75.4 cm³/mol. The Bertz CT molecular complexity index is 753. The number of halogens is 4. The van der Waals surface area contributed by atoms with Crippen molar-refractivity contribution in [3.05, 3.63) is 28.0 Å². The fraction of sp³-hybridized carbons (Fsp3) is 0.500. The molecule has 0 N–H and O–H groups in total. The van der Waals surface area contributed by atoms with Crippen LogP contribution in [0.5, 0.6) is 0 Å². The number of aromatic nitrogens is 5. The summed E-state index contributed by atoms with van der Waals surface area (Å²) in [6, 6.07) is 0. The zero-order chi connectivity index (χ0) is 16.8. The minimum absolute atomic E-state index is 0.000792. The molecule has 0 bridgehead atoms. The van der Waals surface area contributed by atoms with Gasteiger partial charge in [-0.1, -0.05) is 0 Å². The van der Waals surface area contributed by atoms with Crippen molar-refractivity contribution in [2.24, 2.45) is 0 Å². The molecule has 11 heteroatoms. The lowest BCUT2D eigenvalue weighted by atomic mass is 10.3. The van der Waals surface area contributed by atoms with Crippen molar-refractivity contribution in [3.8, 4) is 0 Å². The Balaban J connectivity index is 1.87. The minimum atomic E-state index is -4.55. The monoisotopic (exact) mass is 392 g/mol. The lowest BCUT2D eigenvalue weighted by Gasteiger charge is -2.28. The number of fused-ring (bicyclic) bond motifs is 1. The summed E-state index contributed by atoms with van der Waals surface area (Å²) in [6.45, 7) is 2.48. The summed E-state index contributed by atoms with van der Waals surface area (Å²) in [5.74, 6) is -1.21. The zero-order valence-corrected chi connectivity index (χ0v) is 13.6. The third-order valence-electron chi connectivity index (χ3n) is 3.59. The largest absolute Gasteiger partial charge is 0.451 e. The number of amides is 1. The number of carbonyl (C=O) groups excluding carboxylic acids is 1. The lowest BCUT2D eigenvalue weighted by Crippen LogP contribution is -2.40. The minimum Gasteiger partial charge on any atom is -0.328 e. The molecule has 2 aromatic rings. The Kier molecular flexibility index (Phi) is 3.90. The summed E-state index contributed by atoms with van der Waals surface area (Å²) >= 11 is 3.27. The molecule has 0 atom stereocenters. The van der Waals surface area contributed by atoms with E-state index in [1.54, 1.807) is 0 Å². The van der Waals surface area contributed by atoms with Gasteiger partial charge in [-0.25, -0.2) is 0 Å². The van der Waals surface area contributed by atoms with Gasteiger partial charge < -0.3 is 9.47 Å². The third kappa shape index (κ3) is 2.73. The first kappa shape index (κ1) is 16.0. The van der Waals surface area contributed by atoms with Crippen LogP contribution in [0.1, 0.15) is 29.1 Å². The lowest BCUT2D eigenvalue weighted by molar-refractivity contribution is -0.147. The zero-order valence-electron chi connectivity index (χ0n) is 12.0. The van der Waals surface area contributed by atoms with Gasteiger partial charge in [0.05, 0.1) is 17.2 Å². The first-order chi connectivity index (χ1) is 10.8. The van der Waals surface area contributed by atoms with E-state index in [2.05, 4.69) is 31.2 Å². The Morgan fingerprint density at radius 3 is 2.74 bits per heavy atom. The van der Waals surface area contributed by atoms with Crippen LogP contribution in [-0.4, -0.2) is 41.9 Å². The highest BCUT2D eigenvalue weighted by atomic mass is 79.9. The first-order valence-corrected chi connectivity index (χ1v) is 7.62. The van der Waals surface area contributed by atoms with Crippen LogP contribution in [0.3, 0.4) is 0 Å². The molecule has 0 radical (unpaired) electrons. The Hall–Kier alpha value is -1.91. The Labute approximate surface area is 137 Å². The molecule has 1 aliphatic rings. The van der Waals surface area contributed by atoms with Crippen molar-refractivity contribution < 1.29 is 18.0 Å². The second kappa shape index (κ2) is 5.62. The number of nitrogens with zero attached hydrogens (tertiary/aromatic N) is 6. The average Bonchev–Trinajstić information content (AvgIpc) is 3.08. The molecule has 0 unspecified atom stereocenters. The second-order valence-electron chi connectivity index (χ2n) is 4.97. The van der Waals surface area contributed by atoms with Gasteiger partial charge in [0.2, 0.25) is 5.82 Å². The average molecular weight is 393 g/mol. The predicted octanol–water partition coefficient (Wildman–Crippen LogP) is 1.93. The van der Waals surface area contributed by atoms with E-state index in [0.29, 0.717) is 16.7 Å². The topological polar surface area (TPSA) is 68.8 Å². The maximum absolute atomic E-state index is 12.8. The van der Waals surface area contributed by atoms with Crippen LogP contribution in [0.25, 0.3) is 0 Å². The highest BCUT2D eigenvalue weighted by Gasteiger charge is 2.40. The molecule has 0 spiro atoms. The number of hydrogen-bond acceptors (Lipinski definition) is 4. The molecular weight excluding hydrogens is 381 g/mol. The molecular formula is C12H12BrF3N6O. The molecule has 0 aromatic carbocycles. The molecule has 0 saturated carbocycles. The number of alkyl halides is 3. The van der Waals surface area contributed by atoms with Crippen molar-refractivity contribution in [1.29, 1.82) is 0 Å². The summed E-state index contributed by atoms with van der Waals surface area (Å²) in [4.78, 5) is 14.1. The normalized spacial score (nSPS) is 14.9. The summed E-state index contributed by atoms with van der Waals surface area (Å²) in [5, 5.41) is 10.8. The molecule has 0 fully saturated rings. The van der Waals surface area contributed by atoms with Crippen LogP contribution >= 0.6 is 15.9 Å².